The predicted molar refractivity (Wildman–Crippen MR) is 105 cm³/mol. The zero-order chi connectivity index (χ0) is 20.8. The highest BCUT2D eigenvalue weighted by Crippen LogP contribution is 2.10. The standard InChI is InChI=1S/C18H37N5O4/c1-3-12(2)15(18(26)27)23-17(25)14(9-5-7-11-20)22-16(24)13(21)8-4-6-10-19/h12-15H,3-11,19-21H2,1-2H3,(H,22,24)(H,23,25)(H,26,27)/t12-,13-,14-,15-/m0/s1. The van der Waals surface area contributed by atoms with Gasteiger partial charge in [0, 0.05) is 0 Å². The molecule has 0 aromatic carbocycles. The summed E-state index contributed by atoms with van der Waals surface area (Å²) in [5.41, 5.74) is 16.8. The molecule has 0 unspecified atom stereocenters. The smallest absolute Gasteiger partial charge is 0.326 e. The van der Waals surface area contributed by atoms with Crippen LogP contribution < -0.4 is 27.8 Å². The molecule has 9 N–H and O–H groups in total. The van der Waals surface area contributed by atoms with Gasteiger partial charge in [-0.3, -0.25) is 9.59 Å². The zero-order valence-corrected chi connectivity index (χ0v) is 16.6. The Balaban J connectivity index is 4.96. The largest absolute Gasteiger partial charge is 0.480 e. The van der Waals surface area contributed by atoms with Crippen molar-refractivity contribution in [1.29, 1.82) is 0 Å². The number of hydrogen-bond donors (Lipinski definition) is 6. The van der Waals surface area contributed by atoms with E-state index in [-0.39, 0.29) is 5.92 Å². The van der Waals surface area contributed by atoms with Gasteiger partial charge in [-0.1, -0.05) is 26.7 Å². The maximum absolute atomic E-state index is 12.6. The summed E-state index contributed by atoms with van der Waals surface area (Å²) in [5.74, 6) is -2.26. The monoisotopic (exact) mass is 387 g/mol. The fraction of sp³-hybridized carbons (Fsp3) is 0.833. The van der Waals surface area contributed by atoms with Gasteiger partial charge >= 0.3 is 5.97 Å². The second kappa shape index (κ2) is 14.4. The number of carbonyl (C=O) groups is 3. The Bertz CT molecular complexity index is 461. The van der Waals surface area contributed by atoms with Gasteiger partial charge in [0.05, 0.1) is 6.04 Å². The van der Waals surface area contributed by atoms with Crippen LogP contribution in [0, 0.1) is 5.92 Å². The minimum absolute atomic E-state index is 0.231. The third-order valence-corrected chi connectivity index (χ3v) is 4.66. The fourth-order valence-electron chi connectivity index (χ4n) is 2.62. The molecule has 0 aliphatic carbocycles. The molecule has 0 fully saturated rings. The molecule has 0 heterocycles. The lowest BCUT2D eigenvalue weighted by Gasteiger charge is -2.25. The number of rotatable bonds is 15. The van der Waals surface area contributed by atoms with E-state index in [1.807, 2.05) is 6.92 Å². The van der Waals surface area contributed by atoms with E-state index in [4.69, 9.17) is 17.2 Å². The first-order valence-electron chi connectivity index (χ1n) is 9.77. The number of carboxylic acid groups (broad SMARTS) is 1. The van der Waals surface area contributed by atoms with E-state index in [1.54, 1.807) is 6.92 Å². The van der Waals surface area contributed by atoms with Crippen molar-refractivity contribution in [2.24, 2.45) is 23.1 Å². The van der Waals surface area contributed by atoms with Crippen LogP contribution in [0.3, 0.4) is 0 Å². The molecule has 2 amide bonds. The zero-order valence-electron chi connectivity index (χ0n) is 16.6. The summed E-state index contributed by atoms with van der Waals surface area (Å²) < 4.78 is 0. The van der Waals surface area contributed by atoms with Crippen LogP contribution in [0.1, 0.15) is 58.8 Å². The molecule has 4 atom stereocenters. The average molecular weight is 388 g/mol. The Kier molecular flexibility index (Phi) is 13.5. The Morgan fingerprint density at radius 2 is 1.48 bits per heavy atom. The summed E-state index contributed by atoms with van der Waals surface area (Å²) in [7, 11) is 0. The molecule has 9 heteroatoms. The Labute approximate surface area is 161 Å². The molecular weight excluding hydrogens is 350 g/mol. The van der Waals surface area contributed by atoms with Gasteiger partial charge in [-0.15, -0.1) is 0 Å². The van der Waals surface area contributed by atoms with Crippen molar-refractivity contribution in [3.05, 3.63) is 0 Å². The number of carboxylic acids is 1. The summed E-state index contributed by atoms with van der Waals surface area (Å²) in [5, 5.41) is 14.6. The SMILES string of the molecule is CC[C@H](C)[C@H](NC(=O)[C@H](CCCCN)NC(=O)[C@@H](N)CCCCN)C(=O)O. The molecule has 0 bridgehead atoms. The molecule has 0 aliphatic rings. The molecule has 0 aliphatic heterocycles. The minimum Gasteiger partial charge on any atom is -0.480 e. The van der Waals surface area contributed by atoms with Gasteiger partial charge in [0.15, 0.2) is 0 Å². The number of unbranched alkanes of at least 4 members (excludes halogenated alkanes) is 2. The Morgan fingerprint density at radius 1 is 0.926 bits per heavy atom. The second-order valence-electron chi connectivity index (χ2n) is 6.95. The maximum Gasteiger partial charge on any atom is 0.326 e. The molecule has 0 spiro atoms. The third kappa shape index (κ3) is 10.3. The van der Waals surface area contributed by atoms with E-state index in [1.165, 1.54) is 0 Å². The highest BCUT2D eigenvalue weighted by Gasteiger charge is 2.30. The average Bonchev–Trinajstić information content (AvgIpc) is 2.64. The van der Waals surface area contributed by atoms with Crippen molar-refractivity contribution in [2.75, 3.05) is 13.1 Å². The summed E-state index contributed by atoms with van der Waals surface area (Å²) in [6.07, 6.45) is 4.30. The van der Waals surface area contributed by atoms with E-state index in [2.05, 4.69) is 10.6 Å². The first-order valence-corrected chi connectivity index (χ1v) is 9.77. The van der Waals surface area contributed by atoms with E-state index in [0.29, 0.717) is 45.2 Å². The molecule has 0 saturated carbocycles. The van der Waals surface area contributed by atoms with E-state index in [9.17, 15) is 19.5 Å². The number of nitrogens with two attached hydrogens (primary N) is 3. The number of hydrogen-bond acceptors (Lipinski definition) is 6. The van der Waals surface area contributed by atoms with Crippen LogP contribution in [0.15, 0.2) is 0 Å². The summed E-state index contributed by atoms with van der Waals surface area (Å²) in [6.45, 7) is 4.62. The Morgan fingerprint density at radius 3 is 1.96 bits per heavy atom. The molecule has 0 rings (SSSR count). The third-order valence-electron chi connectivity index (χ3n) is 4.66. The van der Waals surface area contributed by atoms with E-state index in [0.717, 1.165) is 12.8 Å². The van der Waals surface area contributed by atoms with Crippen molar-refractivity contribution < 1.29 is 19.5 Å². The highest BCUT2D eigenvalue weighted by atomic mass is 16.4. The van der Waals surface area contributed by atoms with E-state index >= 15 is 0 Å². The van der Waals surface area contributed by atoms with Crippen LogP contribution in [0.25, 0.3) is 0 Å². The lowest BCUT2D eigenvalue weighted by Crippen LogP contribution is -2.55. The lowest BCUT2D eigenvalue weighted by molar-refractivity contribution is -0.143. The van der Waals surface area contributed by atoms with Gasteiger partial charge in [0.2, 0.25) is 11.8 Å². The van der Waals surface area contributed by atoms with Crippen LogP contribution in [0.5, 0.6) is 0 Å². The van der Waals surface area contributed by atoms with Gasteiger partial charge in [-0.25, -0.2) is 4.79 Å². The van der Waals surface area contributed by atoms with E-state index < -0.39 is 35.9 Å². The lowest BCUT2D eigenvalue weighted by atomic mass is 9.98. The number of amides is 2. The first kappa shape index (κ1) is 25.3. The number of nitrogens with one attached hydrogen (secondary N) is 2. The topological polar surface area (TPSA) is 174 Å². The molecule has 27 heavy (non-hydrogen) atoms. The fourth-order valence-corrected chi connectivity index (χ4v) is 2.62. The summed E-state index contributed by atoms with van der Waals surface area (Å²) in [6, 6.07) is -2.57. The molecule has 0 radical (unpaired) electrons. The normalized spacial score (nSPS) is 15.4. The molecular formula is C18H37N5O4. The quantitative estimate of drug-likeness (QED) is 0.209. The van der Waals surface area contributed by atoms with Crippen molar-refractivity contribution in [1.82, 2.24) is 10.6 Å². The number of aliphatic carboxylic acids is 1. The van der Waals surface area contributed by atoms with Crippen LogP contribution in [-0.4, -0.2) is 54.1 Å². The van der Waals surface area contributed by atoms with Crippen molar-refractivity contribution in [3.8, 4) is 0 Å². The molecule has 0 aromatic rings. The van der Waals surface area contributed by atoms with Crippen molar-refractivity contribution in [2.45, 2.75) is 76.9 Å². The first-order chi connectivity index (χ1) is 12.8. The molecule has 158 valence electrons. The second-order valence-corrected chi connectivity index (χ2v) is 6.95. The molecule has 0 aromatic heterocycles. The molecule has 9 nitrogen and oxygen atoms in total. The predicted octanol–water partition coefficient (Wildman–Crippen LogP) is -0.328. The van der Waals surface area contributed by atoms with Gasteiger partial charge in [-0.2, -0.15) is 0 Å². The van der Waals surface area contributed by atoms with Gasteiger partial charge in [-0.05, 0) is 51.1 Å². The minimum atomic E-state index is -1.09. The Hall–Kier alpha value is -1.71. The van der Waals surface area contributed by atoms with Crippen LogP contribution in [-0.2, 0) is 14.4 Å². The maximum atomic E-state index is 12.6. The highest BCUT2D eigenvalue weighted by molar-refractivity contribution is 5.91. The van der Waals surface area contributed by atoms with Crippen LogP contribution in [0.2, 0.25) is 0 Å². The van der Waals surface area contributed by atoms with Gasteiger partial charge < -0.3 is 32.9 Å². The van der Waals surface area contributed by atoms with Crippen LogP contribution in [0.4, 0.5) is 0 Å². The van der Waals surface area contributed by atoms with Crippen LogP contribution >= 0.6 is 0 Å². The number of carbonyl (C=O) groups excluding carboxylic acids is 2. The summed E-state index contributed by atoms with van der Waals surface area (Å²) in [4.78, 5) is 36.4. The van der Waals surface area contributed by atoms with Crippen molar-refractivity contribution in [3.63, 3.8) is 0 Å². The van der Waals surface area contributed by atoms with Gasteiger partial charge in [0.1, 0.15) is 12.1 Å². The summed E-state index contributed by atoms with van der Waals surface area (Å²) >= 11 is 0. The van der Waals surface area contributed by atoms with Gasteiger partial charge in [0.25, 0.3) is 0 Å². The van der Waals surface area contributed by atoms with Crippen molar-refractivity contribution >= 4 is 17.8 Å². The molecule has 0 saturated heterocycles.